The first-order valence-corrected chi connectivity index (χ1v) is 8.95. The van der Waals surface area contributed by atoms with Crippen LogP contribution in [0.4, 0.5) is 8.78 Å². The van der Waals surface area contributed by atoms with Crippen LogP contribution in [0.15, 0.2) is 24.3 Å². The molecule has 1 aliphatic heterocycles. The molecule has 144 valence electrons. The largest absolute Gasteiger partial charge is 0.391 e. The number of halogens is 2. The summed E-state index contributed by atoms with van der Waals surface area (Å²) in [6, 6.07) is 7.55. The number of nitrogens with zero attached hydrogens (tertiary/aromatic N) is 2. The molecule has 3 rings (SSSR count). The maximum absolute atomic E-state index is 13.3. The van der Waals surface area contributed by atoms with Crippen molar-refractivity contribution >= 4 is 11.8 Å². The Kier molecular flexibility index (Phi) is 5.42. The van der Waals surface area contributed by atoms with Crippen molar-refractivity contribution in [2.45, 2.75) is 43.8 Å². The molecule has 1 heterocycles. The molecule has 2 N–H and O–H groups in total. The summed E-state index contributed by atoms with van der Waals surface area (Å²) in [5, 5.41) is 21.8. The molecule has 1 aromatic rings. The minimum Gasteiger partial charge on any atom is -0.391 e. The zero-order chi connectivity index (χ0) is 19.6. The Morgan fingerprint density at radius 1 is 1.26 bits per heavy atom. The van der Waals surface area contributed by atoms with Gasteiger partial charge in [0.15, 0.2) is 0 Å². The van der Waals surface area contributed by atoms with Gasteiger partial charge in [-0.1, -0.05) is 6.07 Å². The number of nitrogens with one attached hydrogen (secondary N) is 1. The molecule has 0 aromatic heterocycles. The van der Waals surface area contributed by atoms with Gasteiger partial charge in [0.25, 0.3) is 11.8 Å². The second-order valence-corrected chi connectivity index (χ2v) is 7.19. The minimum atomic E-state index is -2.72. The summed E-state index contributed by atoms with van der Waals surface area (Å²) in [7, 11) is 0. The number of amides is 2. The lowest BCUT2D eigenvalue weighted by molar-refractivity contribution is -0.141. The summed E-state index contributed by atoms with van der Waals surface area (Å²) < 4.78 is 26.5. The number of nitriles is 1. The average molecular weight is 377 g/mol. The summed E-state index contributed by atoms with van der Waals surface area (Å²) >= 11 is 0. The SMILES string of the molecule is N#Cc1cccc(C(=O)N[C@H]2C[C@H](C(=O)N3CCC(F)(F)CC3)C[C@@H]2O)c1. The van der Waals surface area contributed by atoms with E-state index in [9.17, 15) is 23.5 Å². The first-order chi connectivity index (χ1) is 12.8. The van der Waals surface area contributed by atoms with E-state index in [2.05, 4.69) is 5.32 Å². The molecule has 0 bridgehead atoms. The third-order valence-electron chi connectivity index (χ3n) is 5.26. The molecule has 0 radical (unpaired) electrons. The number of likely N-dealkylation sites (tertiary alicyclic amines) is 1. The van der Waals surface area contributed by atoms with Gasteiger partial charge in [-0.3, -0.25) is 9.59 Å². The number of benzene rings is 1. The molecule has 2 aliphatic rings. The van der Waals surface area contributed by atoms with Gasteiger partial charge in [-0.15, -0.1) is 0 Å². The Labute approximate surface area is 155 Å². The van der Waals surface area contributed by atoms with Crippen LogP contribution < -0.4 is 5.32 Å². The molecule has 6 nitrogen and oxygen atoms in total. The number of aliphatic hydroxyl groups excluding tert-OH is 1. The van der Waals surface area contributed by atoms with Gasteiger partial charge in [0.05, 0.1) is 23.8 Å². The summed E-state index contributed by atoms with van der Waals surface area (Å²) in [5.74, 6) is -3.89. The van der Waals surface area contributed by atoms with Crippen LogP contribution in [-0.2, 0) is 4.79 Å². The van der Waals surface area contributed by atoms with Crippen LogP contribution in [0, 0.1) is 17.2 Å². The van der Waals surface area contributed by atoms with Gasteiger partial charge in [0, 0.05) is 37.4 Å². The highest BCUT2D eigenvalue weighted by atomic mass is 19.3. The topological polar surface area (TPSA) is 93.4 Å². The van der Waals surface area contributed by atoms with E-state index in [0.29, 0.717) is 11.1 Å². The Hall–Kier alpha value is -2.53. The van der Waals surface area contributed by atoms with E-state index < -0.39 is 29.9 Å². The number of alkyl halides is 2. The van der Waals surface area contributed by atoms with Crippen LogP contribution in [0.5, 0.6) is 0 Å². The van der Waals surface area contributed by atoms with Crippen molar-refractivity contribution in [1.29, 1.82) is 5.26 Å². The molecular weight excluding hydrogens is 356 g/mol. The van der Waals surface area contributed by atoms with Crippen molar-refractivity contribution < 1.29 is 23.5 Å². The molecular formula is C19H21F2N3O3. The lowest BCUT2D eigenvalue weighted by Gasteiger charge is -2.33. The summed E-state index contributed by atoms with van der Waals surface area (Å²) in [4.78, 5) is 26.3. The Morgan fingerprint density at radius 2 is 1.96 bits per heavy atom. The molecule has 8 heteroatoms. The Bertz CT molecular complexity index is 768. The monoisotopic (exact) mass is 377 g/mol. The van der Waals surface area contributed by atoms with Crippen molar-refractivity contribution in [3.63, 3.8) is 0 Å². The van der Waals surface area contributed by atoms with Crippen LogP contribution in [-0.4, -0.2) is 53.0 Å². The highest BCUT2D eigenvalue weighted by molar-refractivity contribution is 5.94. The number of carbonyl (C=O) groups is 2. The minimum absolute atomic E-state index is 0.0103. The molecule has 0 unspecified atom stereocenters. The fourth-order valence-electron chi connectivity index (χ4n) is 3.67. The second kappa shape index (κ2) is 7.61. The lowest BCUT2D eigenvalue weighted by atomic mass is 10.0. The zero-order valence-corrected chi connectivity index (χ0v) is 14.7. The number of carbonyl (C=O) groups excluding carboxylic acids is 2. The van der Waals surface area contributed by atoms with E-state index >= 15 is 0 Å². The fraction of sp³-hybridized carbons (Fsp3) is 0.526. The highest BCUT2D eigenvalue weighted by Crippen LogP contribution is 2.32. The van der Waals surface area contributed by atoms with Crippen LogP contribution in [0.25, 0.3) is 0 Å². The first kappa shape index (κ1) is 19.2. The van der Waals surface area contributed by atoms with Crippen LogP contribution in [0.1, 0.15) is 41.6 Å². The number of hydrogen-bond acceptors (Lipinski definition) is 4. The second-order valence-electron chi connectivity index (χ2n) is 7.19. The third kappa shape index (κ3) is 4.42. The third-order valence-corrected chi connectivity index (χ3v) is 5.26. The molecule has 1 saturated carbocycles. The normalized spacial score (nSPS) is 27.0. The summed E-state index contributed by atoms with van der Waals surface area (Å²) in [6.07, 6.45) is -1.12. The molecule has 1 saturated heterocycles. The highest BCUT2D eigenvalue weighted by Gasteiger charge is 2.42. The molecule has 1 aliphatic carbocycles. The molecule has 1 aromatic carbocycles. The van der Waals surface area contributed by atoms with Crippen molar-refractivity contribution in [1.82, 2.24) is 10.2 Å². The van der Waals surface area contributed by atoms with Gasteiger partial charge >= 0.3 is 0 Å². The number of aliphatic hydroxyl groups is 1. The van der Waals surface area contributed by atoms with Gasteiger partial charge in [0.1, 0.15) is 0 Å². The maximum Gasteiger partial charge on any atom is 0.251 e. The maximum atomic E-state index is 13.3. The Balaban J connectivity index is 1.58. The number of rotatable bonds is 3. The van der Waals surface area contributed by atoms with Crippen molar-refractivity contribution in [2.75, 3.05) is 13.1 Å². The van der Waals surface area contributed by atoms with Gasteiger partial charge in [-0.25, -0.2) is 8.78 Å². The van der Waals surface area contributed by atoms with Crippen LogP contribution in [0.3, 0.4) is 0 Å². The quantitative estimate of drug-likeness (QED) is 0.838. The predicted molar refractivity (Wildman–Crippen MR) is 91.9 cm³/mol. The standard InChI is InChI=1S/C19H21F2N3O3/c20-19(21)4-6-24(7-5-19)18(27)14-9-15(16(25)10-14)23-17(26)13-3-1-2-12(8-13)11-22/h1-3,8,14-16,25H,4-7,9-10H2,(H,23,26)/t14-,15-,16-/m0/s1. The zero-order valence-electron chi connectivity index (χ0n) is 14.7. The van der Waals surface area contributed by atoms with E-state index in [0.717, 1.165) is 0 Å². The van der Waals surface area contributed by atoms with Crippen molar-refractivity contribution in [3.8, 4) is 6.07 Å². The van der Waals surface area contributed by atoms with Gasteiger partial charge < -0.3 is 15.3 Å². The molecule has 2 fully saturated rings. The van der Waals surface area contributed by atoms with Crippen LogP contribution >= 0.6 is 0 Å². The average Bonchev–Trinajstić information content (AvgIpc) is 3.01. The molecule has 0 spiro atoms. The van der Waals surface area contributed by atoms with E-state index in [4.69, 9.17) is 5.26 Å². The molecule has 3 atom stereocenters. The summed E-state index contributed by atoms with van der Waals surface area (Å²) in [5.41, 5.74) is 0.652. The van der Waals surface area contributed by atoms with Crippen molar-refractivity contribution in [2.24, 2.45) is 5.92 Å². The van der Waals surface area contributed by atoms with E-state index in [1.807, 2.05) is 6.07 Å². The smallest absolute Gasteiger partial charge is 0.251 e. The molecule has 27 heavy (non-hydrogen) atoms. The number of hydrogen-bond donors (Lipinski definition) is 2. The summed E-state index contributed by atoms with van der Waals surface area (Å²) in [6.45, 7) is 0.0206. The Morgan fingerprint density at radius 3 is 2.63 bits per heavy atom. The van der Waals surface area contributed by atoms with Gasteiger partial charge in [-0.2, -0.15) is 5.26 Å². The van der Waals surface area contributed by atoms with E-state index in [1.54, 1.807) is 18.2 Å². The first-order valence-electron chi connectivity index (χ1n) is 8.95. The fourth-order valence-corrected chi connectivity index (χ4v) is 3.67. The lowest BCUT2D eigenvalue weighted by Crippen LogP contribution is -2.45. The van der Waals surface area contributed by atoms with Gasteiger partial charge in [-0.05, 0) is 31.0 Å². The molecule has 2 amide bonds. The predicted octanol–water partition coefficient (Wildman–Crippen LogP) is 1.69. The van der Waals surface area contributed by atoms with E-state index in [-0.39, 0.29) is 44.7 Å². The number of piperidine rings is 1. The van der Waals surface area contributed by atoms with Gasteiger partial charge in [0.2, 0.25) is 5.91 Å². The van der Waals surface area contributed by atoms with E-state index in [1.165, 1.54) is 11.0 Å². The van der Waals surface area contributed by atoms with Crippen molar-refractivity contribution in [3.05, 3.63) is 35.4 Å². The van der Waals surface area contributed by atoms with Crippen LogP contribution in [0.2, 0.25) is 0 Å².